The van der Waals surface area contributed by atoms with Gasteiger partial charge in [0.25, 0.3) is 0 Å². The molecule has 0 aliphatic carbocycles. The van der Waals surface area contributed by atoms with Crippen LogP contribution in [-0.2, 0) is 32.0 Å². The Balaban J connectivity index is 1.75. The topological polar surface area (TPSA) is 102 Å². The van der Waals surface area contributed by atoms with Crippen LogP contribution in [0.5, 0.6) is 5.75 Å². The summed E-state index contributed by atoms with van der Waals surface area (Å²) in [6.07, 6.45) is 3.99. The van der Waals surface area contributed by atoms with Crippen molar-refractivity contribution in [2.45, 2.75) is 38.1 Å². The number of nitrogens with one attached hydrogen (secondary N) is 1. The van der Waals surface area contributed by atoms with E-state index < -0.39 is 23.8 Å². The first-order valence-corrected chi connectivity index (χ1v) is 15.5. The van der Waals surface area contributed by atoms with Gasteiger partial charge in [-0.05, 0) is 48.6 Å². The maximum absolute atomic E-state index is 13.8. The molecule has 9 heteroatoms. The molecule has 0 unspecified atom stereocenters. The fraction of sp³-hybridized carbons (Fsp3) is 0.297. The molecule has 0 fully saturated rings. The molecule has 0 saturated carbocycles. The number of methoxy groups -OCH3 is 1. The summed E-state index contributed by atoms with van der Waals surface area (Å²) in [5.74, 6) is -2.22. The van der Waals surface area contributed by atoms with Crippen molar-refractivity contribution < 1.29 is 28.7 Å². The van der Waals surface area contributed by atoms with Crippen LogP contribution in [0.3, 0.4) is 0 Å². The highest BCUT2D eigenvalue weighted by molar-refractivity contribution is 6.30. The maximum Gasteiger partial charge on any atom is 0.328 e. The van der Waals surface area contributed by atoms with E-state index in [4.69, 9.17) is 21.1 Å². The molecule has 3 rings (SSSR count). The lowest BCUT2D eigenvalue weighted by Crippen LogP contribution is -2.46. The normalized spacial score (nSPS) is 11.9. The number of Topliss-reactive ketones (excluding diaryl/α,β-unsaturated/α-hetero) is 1. The summed E-state index contributed by atoms with van der Waals surface area (Å²) in [4.78, 5) is 55.0. The monoisotopic (exact) mass is 644 g/mol. The van der Waals surface area contributed by atoms with Crippen LogP contribution in [-0.4, -0.2) is 61.3 Å². The van der Waals surface area contributed by atoms with Gasteiger partial charge in [0.05, 0.1) is 12.7 Å². The van der Waals surface area contributed by atoms with E-state index in [1.54, 1.807) is 35.3 Å². The van der Waals surface area contributed by atoms with Gasteiger partial charge in [0.15, 0.2) is 5.78 Å². The number of hydrogen-bond donors (Lipinski definition) is 1. The van der Waals surface area contributed by atoms with Crippen molar-refractivity contribution in [1.82, 2.24) is 10.2 Å². The molecular formula is C37H41ClN2O6. The average Bonchev–Trinajstić information content (AvgIpc) is 3.07. The largest absolute Gasteiger partial charge is 0.489 e. The highest BCUT2D eigenvalue weighted by Gasteiger charge is 2.30. The first-order valence-electron chi connectivity index (χ1n) is 15.2. The van der Waals surface area contributed by atoms with Crippen LogP contribution in [0.2, 0.25) is 5.02 Å². The van der Waals surface area contributed by atoms with Gasteiger partial charge in [0.2, 0.25) is 11.8 Å². The van der Waals surface area contributed by atoms with Gasteiger partial charge in [-0.1, -0.05) is 91.0 Å². The van der Waals surface area contributed by atoms with Crippen LogP contribution in [0.4, 0.5) is 0 Å². The molecule has 0 spiro atoms. The number of esters is 1. The van der Waals surface area contributed by atoms with Crippen LogP contribution in [0.1, 0.15) is 40.7 Å². The third kappa shape index (κ3) is 11.3. The molecule has 0 aliphatic rings. The number of benzene rings is 3. The predicted molar refractivity (Wildman–Crippen MR) is 180 cm³/mol. The second-order valence-electron chi connectivity index (χ2n) is 10.7. The van der Waals surface area contributed by atoms with E-state index in [0.717, 1.165) is 11.1 Å². The third-order valence-corrected chi connectivity index (χ3v) is 7.63. The minimum atomic E-state index is -1.09. The van der Waals surface area contributed by atoms with E-state index in [-0.39, 0.29) is 49.5 Å². The van der Waals surface area contributed by atoms with Crippen molar-refractivity contribution in [3.05, 3.63) is 126 Å². The number of ether oxygens (including phenoxy) is 2. The Morgan fingerprint density at radius 3 is 2.24 bits per heavy atom. The summed E-state index contributed by atoms with van der Waals surface area (Å²) >= 11 is 6.14. The average molecular weight is 645 g/mol. The molecule has 0 radical (unpaired) electrons. The molecule has 0 aromatic heterocycles. The molecule has 46 heavy (non-hydrogen) atoms. The zero-order valence-electron chi connectivity index (χ0n) is 26.2. The van der Waals surface area contributed by atoms with Crippen LogP contribution >= 0.6 is 11.6 Å². The number of nitrogens with zero attached hydrogens (tertiary/aromatic N) is 1. The number of halogens is 1. The first kappa shape index (κ1) is 35.8. The van der Waals surface area contributed by atoms with Crippen LogP contribution in [0.25, 0.3) is 0 Å². The van der Waals surface area contributed by atoms with Crippen molar-refractivity contribution in [1.29, 1.82) is 0 Å². The van der Waals surface area contributed by atoms with Gasteiger partial charge in [0.1, 0.15) is 18.4 Å². The molecule has 3 aromatic rings. The summed E-state index contributed by atoms with van der Waals surface area (Å²) in [5, 5.41) is 3.16. The van der Waals surface area contributed by atoms with Crippen molar-refractivity contribution in [3.8, 4) is 5.75 Å². The number of rotatable bonds is 19. The van der Waals surface area contributed by atoms with E-state index in [1.807, 2.05) is 60.7 Å². The summed E-state index contributed by atoms with van der Waals surface area (Å²) in [7, 11) is 1.23. The van der Waals surface area contributed by atoms with Gasteiger partial charge in [0, 0.05) is 36.9 Å². The predicted octanol–water partition coefficient (Wildman–Crippen LogP) is 6.03. The fourth-order valence-corrected chi connectivity index (χ4v) is 5.14. The Morgan fingerprint density at radius 1 is 0.935 bits per heavy atom. The van der Waals surface area contributed by atoms with Gasteiger partial charge in [-0.15, -0.1) is 6.58 Å². The lowest BCUT2D eigenvalue weighted by molar-refractivity contribution is -0.146. The molecule has 242 valence electrons. The van der Waals surface area contributed by atoms with E-state index in [0.29, 0.717) is 30.3 Å². The lowest BCUT2D eigenvalue weighted by atomic mass is 9.90. The van der Waals surface area contributed by atoms with E-state index in [2.05, 4.69) is 18.5 Å². The smallest absolute Gasteiger partial charge is 0.328 e. The molecule has 8 nitrogen and oxygen atoms in total. The van der Waals surface area contributed by atoms with E-state index in [9.17, 15) is 19.2 Å². The Bertz CT molecular complexity index is 1480. The van der Waals surface area contributed by atoms with Gasteiger partial charge >= 0.3 is 5.97 Å². The standard InChI is InChI=1S/C37H41ClN2O6/c1-4-21-40(22-20-27-12-8-6-9-13-27)35(42)19-18-32(37(44)45-3)39-36(43)29(24-28-14-10-7-11-15-28)25-33(41)31-17-16-30(38)26-34(31)46-23-5-2/h4-17,26,29,32H,1-2,18-25H2,3H3,(H,39,43)/t29-,32-/m0/s1. The first-order chi connectivity index (χ1) is 22.2. The zero-order valence-corrected chi connectivity index (χ0v) is 26.9. The molecule has 3 aromatic carbocycles. The van der Waals surface area contributed by atoms with Gasteiger partial charge in [-0.25, -0.2) is 4.79 Å². The third-order valence-electron chi connectivity index (χ3n) is 7.39. The summed E-state index contributed by atoms with van der Waals surface area (Å²) < 4.78 is 10.6. The van der Waals surface area contributed by atoms with E-state index in [1.165, 1.54) is 7.11 Å². The van der Waals surface area contributed by atoms with Crippen molar-refractivity contribution in [2.24, 2.45) is 5.92 Å². The number of hydrogen-bond acceptors (Lipinski definition) is 6. The van der Waals surface area contributed by atoms with Crippen LogP contribution in [0.15, 0.2) is 104 Å². The highest BCUT2D eigenvalue weighted by Crippen LogP contribution is 2.27. The number of amides is 2. The molecule has 0 aliphatic heterocycles. The van der Waals surface area contributed by atoms with E-state index >= 15 is 0 Å². The van der Waals surface area contributed by atoms with Crippen molar-refractivity contribution in [3.63, 3.8) is 0 Å². The highest BCUT2D eigenvalue weighted by atomic mass is 35.5. The lowest BCUT2D eigenvalue weighted by Gasteiger charge is -2.24. The SMILES string of the molecule is C=CCOc1cc(Cl)ccc1C(=O)C[C@H](Cc1ccccc1)C(=O)N[C@@H](CCC(=O)N(CC=C)CCc1ccccc1)C(=O)OC. The van der Waals surface area contributed by atoms with Gasteiger partial charge in [-0.3, -0.25) is 14.4 Å². The second kappa shape index (κ2) is 19.0. The van der Waals surface area contributed by atoms with Crippen LogP contribution < -0.4 is 10.1 Å². The van der Waals surface area contributed by atoms with Crippen molar-refractivity contribution >= 4 is 35.2 Å². The summed E-state index contributed by atoms with van der Waals surface area (Å²) in [5.41, 5.74) is 2.23. The Labute approximate surface area is 276 Å². The fourth-order valence-electron chi connectivity index (χ4n) is 4.97. The van der Waals surface area contributed by atoms with Gasteiger partial charge < -0.3 is 19.7 Å². The number of carbonyl (C=O) groups excluding carboxylic acids is 4. The van der Waals surface area contributed by atoms with Gasteiger partial charge in [-0.2, -0.15) is 0 Å². The number of carbonyl (C=O) groups is 4. The quantitative estimate of drug-likeness (QED) is 0.0971. The minimum absolute atomic E-state index is 0.000262. The second-order valence-corrected chi connectivity index (χ2v) is 11.2. The Kier molecular flexibility index (Phi) is 14.8. The summed E-state index contributed by atoms with van der Waals surface area (Å²) in [6.45, 7) is 8.42. The molecule has 0 bridgehead atoms. The van der Waals surface area contributed by atoms with Crippen molar-refractivity contribution in [2.75, 3.05) is 26.8 Å². The molecular weight excluding hydrogens is 604 g/mol. The minimum Gasteiger partial charge on any atom is -0.489 e. The maximum atomic E-state index is 13.8. The molecule has 2 amide bonds. The number of ketones is 1. The Morgan fingerprint density at radius 2 is 1.61 bits per heavy atom. The Hall–Kier alpha value is -4.69. The molecule has 0 heterocycles. The molecule has 2 atom stereocenters. The summed E-state index contributed by atoms with van der Waals surface area (Å²) in [6, 6.07) is 22.7. The molecule has 1 N–H and O–H groups in total. The van der Waals surface area contributed by atoms with Crippen LogP contribution in [0, 0.1) is 5.92 Å². The zero-order chi connectivity index (χ0) is 33.3. The molecule has 0 saturated heterocycles.